The van der Waals surface area contributed by atoms with E-state index in [1.807, 2.05) is 0 Å². The Hall–Kier alpha value is -1.16. The summed E-state index contributed by atoms with van der Waals surface area (Å²) < 4.78 is 28.4. The SMILES string of the molecule is CCOP(=O)(Cc1cccc(OC(=O)C(C)(C)C)c1)OCC. The lowest BCUT2D eigenvalue weighted by Crippen LogP contribution is -2.25. The molecule has 5 nitrogen and oxygen atoms in total. The molecular formula is C16H25O5P. The van der Waals surface area contributed by atoms with Crippen molar-refractivity contribution in [3.63, 3.8) is 0 Å². The van der Waals surface area contributed by atoms with Gasteiger partial charge in [-0.2, -0.15) is 0 Å². The lowest BCUT2D eigenvalue weighted by Gasteiger charge is -2.18. The van der Waals surface area contributed by atoms with Gasteiger partial charge in [0.15, 0.2) is 0 Å². The quantitative estimate of drug-likeness (QED) is 0.421. The van der Waals surface area contributed by atoms with Gasteiger partial charge in [-0.15, -0.1) is 0 Å². The molecule has 0 aliphatic heterocycles. The average Bonchev–Trinajstić information content (AvgIpc) is 2.38. The number of ether oxygens (including phenoxy) is 1. The van der Waals surface area contributed by atoms with Crippen molar-refractivity contribution in [2.24, 2.45) is 5.41 Å². The maximum atomic E-state index is 12.5. The van der Waals surface area contributed by atoms with E-state index in [2.05, 4.69) is 0 Å². The van der Waals surface area contributed by atoms with E-state index in [0.29, 0.717) is 19.0 Å². The summed E-state index contributed by atoms with van der Waals surface area (Å²) in [5.41, 5.74) is 0.159. The van der Waals surface area contributed by atoms with E-state index in [4.69, 9.17) is 13.8 Å². The van der Waals surface area contributed by atoms with Crippen molar-refractivity contribution in [1.82, 2.24) is 0 Å². The van der Waals surface area contributed by atoms with Crippen LogP contribution in [-0.2, 0) is 24.6 Å². The first-order chi connectivity index (χ1) is 10.2. The predicted molar refractivity (Wildman–Crippen MR) is 86.1 cm³/mol. The maximum Gasteiger partial charge on any atom is 0.335 e. The van der Waals surface area contributed by atoms with Crippen LogP contribution in [0.1, 0.15) is 40.2 Å². The van der Waals surface area contributed by atoms with Crippen LogP contribution in [0.15, 0.2) is 24.3 Å². The Labute approximate surface area is 132 Å². The summed E-state index contributed by atoms with van der Waals surface area (Å²) in [7, 11) is -3.17. The molecule has 1 aromatic rings. The Morgan fingerprint density at radius 1 is 1.14 bits per heavy atom. The van der Waals surface area contributed by atoms with Gasteiger partial charge in [0.2, 0.25) is 0 Å². The lowest BCUT2D eigenvalue weighted by atomic mass is 9.97. The van der Waals surface area contributed by atoms with Gasteiger partial charge in [0.25, 0.3) is 0 Å². The maximum absolute atomic E-state index is 12.5. The van der Waals surface area contributed by atoms with Crippen LogP contribution in [0.2, 0.25) is 0 Å². The molecule has 0 fully saturated rings. The second kappa shape index (κ2) is 7.91. The third-order valence-electron chi connectivity index (χ3n) is 2.75. The number of carbonyl (C=O) groups is 1. The average molecular weight is 328 g/mol. The van der Waals surface area contributed by atoms with E-state index in [1.54, 1.807) is 58.9 Å². The summed E-state index contributed by atoms with van der Waals surface area (Å²) in [4.78, 5) is 11.9. The molecule has 124 valence electrons. The van der Waals surface area contributed by atoms with Gasteiger partial charge in [0, 0.05) is 0 Å². The van der Waals surface area contributed by atoms with Crippen molar-refractivity contribution in [2.75, 3.05) is 13.2 Å². The van der Waals surface area contributed by atoms with Crippen molar-refractivity contribution in [3.05, 3.63) is 29.8 Å². The van der Waals surface area contributed by atoms with Gasteiger partial charge in [0.1, 0.15) is 5.75 Å². The molecule has 0 N–H and O–H groups in total. The Bertz CT molecular complexity index is 538. The van der Waals surface area contributed by atoms with Crippen LogP contribution in [0.25, 0.3) is 0 Å². The van der Waals surface area contributed by atoms with Crippen molar-refractivity contribution in [3.8, 4) is 5.75 Å². The van der Waals surface area contributed by atoms with E-state index in [1.165, 1.54) is 0 Å². The molecule has 0 amide bonds. The molecule has 0 radical (unpaired) electrons. The van der Waals surface area contributed by atoms with Crippen LogP contribution in [-0.4, -0.2) is 19.2 Å². The van der Waals surface area contributed by atoms with Crippen LogP contribution in [0.4, 0.5) is 0 Å². The first-order valence-electron chi connectivity index (χ1n) is 7.39. The number of carbonyl (C=O) groups excluding carboxylic acids is 1. The Balaban J connectivity index is 2.87. The number of esters is 1. The number of hydrogen-bond donors (Lipinski definition) is 0. The van der Waals surface area contributed by atoms with Crippen molar-refractivity contribution in [1.29, 1.82) is 0 Å². The summed E-state index contributed by atoms with van der Waals surface area (Å²) in [6.45, 7) is 9.54. The summed E-state index contributed by atoms with van der Waals surface area (Å²) in [5, 5.41) is 0. The molecule has 0 saturated heterocycles. The third kappa shape index (κ3) is 5.91. The number of rotatable bonds is 7. The first kappa shape index (κ1) is 18.9. The second-order valence-electron chi connectivity index (χ2n) is 5.89. The van der Waals surface area contributed by atoms with Crippen molar-refractivity contribution >= 4 is 13.6 Å². The largest absolute Gasteiger partial charge is 0.426 e. The van der Waals surface area contributed by atoms with E-state index in [-0.39, 0.29) is 12.1 Å². The smallest absolute Gasteiger partial charge is 0.335 e. The highest BCUT2D eigenvalue weighted by atomic mass is 31.2. The highest BCUT2D eigenvalue weighted by Crippen LogP contribution is 2.51. The normalized spacial score (nSPS) is 12.2. The predicted octanol–water partition coefficient (Wildman–Crippen LogP) is 4.40. The zero-order chi connectivity index (χ0) is 16.8. The van der Waals surface area contributed by atoms with Gasteiger partial charge >= 0.3 is 13.6 Å². The molecule has 1 rings (SSSR count). The summed E-state index contributed by atoms with van der Waals surface area (Å²) in [5.74, 6) is 0.111. The molecule has 0 aromatic heterocycles. The standard InChI is InChI=1S/C16H25O5P/c1-6-19-22(18,20-7-2)12-13-9-8-10-14(11-13)21-15(17)16(3,4)5/h8-11H,6-7,12H2,1-5H3. The van der Waals surface area contributed by atoms with E-state index >= 15 is 0 Å². The van der Waals surface area contributed by atoms with Crippen molar-refractivity contribution in [2.45, 2.75) is 40.8 Å². The van der Waals surface area contributed by atoms with Crippen LogP contribution in [0, 0.1) is 5.41 Å². The van der Waals surface area contributed by atoms with Gasteiger partial charge < -0.3 is 13.8 Å². The molecule has 0 saturated carbocycles. The second-order valence-corrected chi connectivity index (χ2v) is 7.95. The molecule has 0 heterocycles. The highest BCUT2D eigenvalue weighted by molar-refractivity contribution is 7.53. The first-order valence-corrected chi connectivity index (χ1v) is 9.12. The summed E-state index contributed by atoms with van der Waals surface area (Å²) in [6.07, 6.45) is 0.148. The number of benzene rings is 1. The fourth-order valence-electron chi connectivity index (χ4n) is 1.71. The zero-order valence-corrected chi connectivity index (χ0v) is 14.8. The molecule has 0 aliphatic carbocycles. The molecular weight excluding hydrogens is 303 g/mol. The molecule has 1 aromatic carbocycles. The lowest BCUT2D eigenvalue weighted by molar-refractivity contribution is -0.142. The molecule has 0 unspecified atom stereocenters. The molecule has 0 atom stereocenters. The Morgan fingerprint density at radius 2 is 1.73 bits per heavy atom. The van der Waals surface area contributed by atoms with Gasteiger partial charge in [-0.25, -0.2) is 0 Å². The van der Waals surface area contributed by atoms with Crippen LogP contribution in [0.3, 0.4) is 0 Å². The highest BCUT2D eigenvalue weighted by Gasteiger charge is 2.26. The third-order valence-corrected chi connectivity index (χ3v) is 4.80. The Morgan fingerprint density at radius 3 is 2.23 bits per heavy atom. The molecule has 6 heteroatoms. The van der Waals surface area contributed by atoms with Gasteiger partial charge in [-0.1, -0.05) is 12.1 Å². The van der Waals surface area contributed by atoms with Crippen LogP contribution < -0.4 is 4.74 Å². The number of hydrogen-bond acceptors (Lipinski definition) is 5. The van der Waals surface area contributed by atoms with E-state index in [9.17, 15) is 9.36 Å². The van der Waals surface area contributed by atoms with E-state index < -0.39 is 13.0 Å². The summed E-state index contributed by atoms with van der Waals surface area (Å²) in [6, 6.07) is 6.94. The molecule has 0 aliphatic rings. The van der Waals surface area contributed by atoms with Gasteiger partial charge in [0.05, 0.1) is 24.8 Å². The minimum absolute atomic E-state index is 0.148. The van der Waals surface area contributed by atoms with Crippen LogP contribution >= 0.6 is 7.60 Å². The zero-order valence-electron chi connectivity index (χ0n) is 13.9. The van der Waals surface area contributed by atoms with Crippen LogP contribution in [0.5, 0.6) is 5.75 Å². The van der Waals surface area contributed by atoms with Gasteiger partial charge in [-0.3, -0.25) is 9.36 Å². The molecule has 22 heavy (non-hydrogen) atoms. The van der Waals surface area contributed by atoms with E-state index in [0.717, 1.165) is 5.56 Å². The Kier molecular flexibility index (Phi) is 6.79. The molecule has 0 bridgehead atoms. The molecule has 0 spiro atoms. The minimum Gasteiger partial charge on any atom is -0.426 e. The fourth-order valence-corrected chi connectivity index (χ4v) is 3.40. The fraction of sp³-hybridized carbons (Fsp3) is 0.562. The monoisotopic (exact) mass is 328 g/mol. The van der Waals surface area contributed by atoms with Gasteiger partial charge in [-0.05, 0) is 52.3 Å². The minimum atomic E-state index is -3.17. The summed E-state index contributed by atoms with van der Waals surface area (Å²) >= 11 is 0. The van der Waals surface area contributed by atoms with Crippen molar-refractivity contribution < 1.29 is 23.1 Å². The topological polar surface area (TPSA) is 61.8 Å².